The second kappa shape index (κ2) is 4.30. The molecular weight excluding hydrogens is 258 g/mol. The van der Waals surface area contributed by atoms with Gasteiger partial charge in [0.2, 0.25) is 0 Å². The predicted molar refractivity (Wildman–Crippen MR) is 75.8 cm³/mol. The molecule has 5 nitrogen and oxygen atoms in total. The molecule has 0 fully saturated rings. The lowest BCUT2D eigenvalue weighted by Gasteiger charge is -2.19. The fourth-order valence-corrected chi connectivity index (χ4v) is 2.07. The maximum absolute atomic E-state index is 12.0. The quantitative estimate of drug-likeness (QED) is 0.707. The lowest BCUT2D eigenvalue weighted by atomic mass is 10.1. The third-order valence-electron chi connectivity index (χ3n) is 2.80. The van der Waals surface area contributed by atoms with Gasteiger partial charge in [-0.2, -0.15) is 0 Å². The van der Waals surface area contributed by atoms with E-state index in [1.807, 2.05) is 32.9 Å². The number of ether oxygens (including phenoxy) is 1. The van der Waals surface area contributed by atoms with Crippen molar-refractivity contribution in [3.05, 3.63) is 30.7 Å². The first-order chi connectivity index (χ1) is 9.44. The van der Waals surface area contributed by atoms with E-state index in [2.05, 4.69) is 5.32 Å². The first-order valence-electron chi connectivity index (χ1n) is 6.31. The number of carbonyl (C=O) groups is 1. The van der Waals surface area contributed by atoms with Crippen LogP contribution in [0.3, 0.4) is 0 Å². The Morgan fingerprint density at radius 1 is 1.20 bits per heavy atom. The summed E-state index contributed by atoms with van der Waals surface area (Å²) in [7, 11) is 0. The lowest BCUT2D eigenvalue weighted by Crippen LogP contribution is -2.27. The predicted octanol–water partition coefficient (Wildman–Crippen LogP) is 4.53. The zero-order chi connectivity index (χ0) is 14.3. The van der Waals surface area contributed by atoms with Crippen molar-refractivity contribution >= 4 is 33.7 Å². The van der Waals surface area contributed by atoms with Crippen LogP contribution in [0.4, 0.5) is 10.5 Å². The number of rotatable bonds is 1. The van der Waals surface area contributed by atoms with Crippen molar-refractivity contribution < 1.29 is 18.4 Å². The van der Waals surface area contributed by atoms with E-state index in [4.69, 9.17) is 13.6 Å². The molecule has 0 unspecified atom stereocenters. The molecule has 5 heteroatoms. The highest BCUT2D eigenvalue weighted by molar-refractivity contribution is 6.11. The molecule has 2 heterocycles. The maximum Gasteiger partial charge on any atom is 0.412 e. The van der Waals surface area contributed by atoms with Gasteiger partial charge in [0.1, 0.15) is 11.2 Å². The molecule has 0 radical (unpaired) electrons. The van der Waals surface area contributed by atoms with Crippen LogP contribution in [-0.4, -0.2) is 11.7 Å². The van der Waals surface area contributed by atoms with E-state index >= 15 is 0 Å². The summed E-state index contributed by atoms with van der Waals surface area (Å²) in [5, 5.41) is 4.38. The van der Waals surface area contributed by atoms with Gasteiger partial charge in [0.15, 0.2) is 5.58 Å². The fourth-order valence-electron chi connectivity index (χ4n) is 2.07. The van der Waals surface area contributed by atoms with Gasteiger partial charge >= 0.3 is 6.09 Å². The fraction of sp³-hybridized carbons (Fsp3) is 0.267. The monoisotopic (exact) mass is 273 g/mol. The molecule has 0 bridgehead atoms. The number of fused-ring (bicyclic) bond motifs is 2. The van der Waals surface area contributed by atoms with Crippen molar-refractivity contribution in [2.24, 2.45) is 0 Å². The summed E-state index contributed by atoms with van der Waals surface area (Å²) in [5.74, 6) is 0. The Labute approximate surface area is 115 Å². The average Bonchev–Trinajstić information content (AvgIpc) is 2.93. The van der Waals surface area contributed by atoms with E-state index in [0.29, 0.717) is 16.9 Å². The van der Waals surface area contributed by atoms with E-state index < -0.39 is 11.7 Å². The summed E-state index contributed by atoms with van der Waals surface area (Å²) in [6.07, 6.45) is 2.62. The molecule has 1 aromatic carbocycles. The number of amides is 1. The van der Waals surface area contributed by atoms with Gasteiger partial charge in [-0.05, 0) is 39.0 Å². The van der Waals surface area contributed by atoms with Crippen LogP contribution in [-0.2, 0) is 4.74 Å². The van der Waals surface area contributed by atoms with Crippen LogP contribution >= 0.6 is 0 Å². The third kappa shape index (κ3) is 2.22. The number of nitrogens with one attached hydrogen (secondary N) is 1. The maximum atomic E-state index is 12.0. The van der Waals surface area contributed by atoms with Gasteiger partial charge in [-0.3, -0.25) is 5.32 Å². The van der Waals surface area contributed by atoms with Crippen LogP contribution < -0.4 is 5.32 Å². The summed E-state index contributed by atoms with van der Waals surface area (Å²) in [6.45, 7) is 5.44. The molecule has 20 heavy (non-hydrogen) atoms. The van der Waals surface area contributed by atoms with Crippen LogP contribution in [0.15, 0.2) is 39.6 Å². The van der Waals surface area contributed by atoms with Crippen molar-refractivity contribution in [2.45, 2.75) is 26.4 Å². The number of anilines is 1. The van der Waals surface area contributed by atoms with E-state index in [9.17, 15) is 4.79 Å². The van der Waals surface area contributed by atoms with Crippen LogP contribution in [0, 0.1) is 0 Å². The van der Waals surface area contributed by atoms with E-state index in [-0.39, 0.29) is 0 Å². The minimum Gasteiger partial charge on any atom is -0.464 e. The molecule has 0 atom stereocenters. The van der Waals surface area contributed by atoms with Crippen molar-refractivity contribution in [1.82, 2.24) is 0 Å². The minimum absolute atomic E-state index is 0.524. The normalized spacial score (nSPS) is 11.9. The van der Waals surface area contributed by atoms with Crippen LogP contribution in [0.5, 0.6) is 0 Å². The number of furan rings is 2. The Morgan fingerprint density at radius 2 is 1.95 bits per heavy atom. The number of hydrogen-bond donors (Lipinski definition) is 1. The zero-order valence-corrected chi connectivity index (χ0v) is 11.5. The summed E-state index contributed by atoms with van der Waals surface area (Å²) < 4.78 is 16.1. The third-order valence-corrected chi connectivity index (χ3v) is 2.80. The Bertz CT molecular complexity index is 727. The van der Waals surface area contributed by atoms with Gasteiger partial charge in [0, 0.05) is 10.8 Å². The SMILES string of the molecule is CC(C)(C)OC(=O)Nc1c2ccoc2cc2ccoc12. The van der Waals surface area contributed by atoms with Gasteiger partial charge in [0.25, 0.3) is 0 Å². The van der Waals surface area contributed by atoms with Crippen molar-refractivity contribution in [3.63, 3.8) is 0 Å². The molecule has 0 aliphatic carbocycles. The molecule has 1 N–H and O–H groups in total. The molecule has 2 aromatic heterocycles. The summed E-state index contributed by atoms with van der Waals surface area (Å²) in [5.41, 5.74) is 1.29. The molecule has 3 rings (SSSR count). The molecule has 0 aliphatic rings. The van der Waals surface area contributed by atoms with Crippen LogP contribution in [0.25, 0.3) is 21.9 Å². The second-order valence-corrected chi connectivity index (χ2v) is 5.55. The first kappa shape index (κ1) is 12.6. The molecule has 104 valence electrons. The Hall–Kier alpha value is -2.43. The number of hydrogen-bond acceptors (Lipinski definition) is 4. The highest BCUT2D eigenvalue weighted by Gasteiger charge is 2.19. The van der Waals surface area contributed by atoms with Gasteiger partial charge in [-0.15, -0.1) is 0 Å². The summed E-state index contributed by atoms with van der Waals surface area (Å²) in [6, 6.07) is 5.47. The largest absolute Gasteiger partial charge is 0.464 e. The molecule has 1 amide bonds. The molecule has 3 aromatic rings. The smallest absolute Gasteiger partial charge is 0.412 e. The minimum atomic E-state index is -0.559. The Balaban J connectivity index is 2.05. The highest BCUT2D eigenvalue weighted by Crippen LogP contribution is 2.34. The van der Waals surface area contributed by atoms with E-state index in [0.717, 1.165) is 10.8 Å². The van der Waals surface area contributed by atoms with Crippen LogP contribution in [0.2, 0.25) is 0 Å². The van der Waals surface area contributed by atoms with Crippen molar-refractivity contribution in [1.29, 1.82) is 0 Å². The molecule has 0 spiro atoms. The van der Waals surface area contributed by atoms with Gasteiger partial charge < -0.3 is 13.6 Å². The van der Waals surface area contributed by atoms with Gasteiger partial charge in [0.05, 0.1) is 18.2 Å². The average molecular weight is 273 g/mol. The second-order valence-electron chi connectivity index (χ2n) is 5.55. The highest BCUT2D eigenvalue weighted by atomic mass is 16.6. The molecule has 0 aliphatic heterocycles. The van der Waals surface area contributed by atoms with Gasteiger partial charge in [-0.1, -0.05) is 0 Å². The summed E-state index contributed by atoms with van der Waals surface area (Å²) >= 11 is 0. The topological polar surface area (TPSA) is 64.6 Å². The first-order valence-corrected chi connectivity index (χ1v) is 6.31. The molecule has 0 saturated heterocycles. The van der Waals surface area contributed by atoms with Crippen molar-refractivity contribution in [3.8, 4) is 0 Å². The van der Waals surface area contributed by atoms with E-state index in [1.165, 1.54) is 0 Å². The standard InChI is InChI=1S/C15H15NO4/c1-15(2,3)20-14(17)16-12-10-5-7-18-11(10)8-9-4-6-19-13(9)12/h4-8H,1-3H3,(H,16,17). The zero-order valence-electron chi connectivity index (χ0n) is 11.5. The summed E-state index contributed by atoms with van der Waals surface area (Å²) in [4.78, 5) is 12.0. The van der Waals surface area contributed by atoms with E-state index in [1.54, 1.807) is 18.6 Å². The lowest BCUT2D eigenvalue weighted by molar-refractivity contribution is 0.0636. The number of benzene rings is 1. The Morgan fingerprint density at radius 3 is 2.70 bits per heavy atom. The van der Waals surface area contributed by atoms with Crippen LogP contribution in [0.1, 0.15) is 20.8 Å². The molecular formula is C15H15NO4. The number of carbonyl (C=O) groups excluding carboxylic acids is 1. The van der Waals surface area contributed by atoms with Gasteiger partial charge in [-0.25, -0.2) is 4.79 Å². The van der Waals surface area contributed by atoms with Crippen molar-refractivity contribution in [2.75, 3.05) is 5.32 Å². The molecule has 0 saturated carbocycles. The Kier molecular flexibility index (Phi) is 2.71.